The van der Waals surface area contributed by atoms with Crippen molar-refractivity contribution in [2.45, 2.75) is 50.7 Å². The topological polar surface area (TPSA) is 50.6 Å². The molecule has 6 nitrogen and oxygen atoms in total. The van der Waals surface area contributed by atoms with Crippen molar-refractivity contribution in [2.75, 3.05) is 32.8 Å². The summed E-state index contributed by atoms with van der Waals surface area (Å²) in [7, 11) is 0. The highest BCUT2D eigenvalue weighted by Crippen LogP contribution is 2.31. The summed E-state index contributed by atoms with van der Waals surface area (Å²) in [6.07, 6.45) is 7.73. The number of nitrogens with zero attached hydrogens (tertiary/aromatic N) is 4. The minimum atomic E-state index is 0.171. The van der Waals surface area contributed by atoms with Gasteiger partial charge in [-0.2, -0.15) is 5.10 Å². The van der Waals surface area contributed by atoms with Crippen LogP contribution in [0, 0.1) is 0 Å². The SMILES string of the molecule is O=C(C[C@@H]1CN(C2CCCC2)Cc2ccnn21)N1CCOCC1. The van der Waals surface area contributed by atoms with Gasteiger partial charge in [-0.05, 0) is 18.9 Å². The molecule has 4 rings (SSSR count). The summed E-state index contributed by atoms with van der Waals surface area (Å²) in [6.45, 7) is 4.71. The molecule has 1 aromatic rings. The van der Waals surface area contributed by atoms with Gasteiger partial charge in [-0.15, -0.1) is 0 Å². The van der Waals surface area contributed by atoms with Gasteiger partial charge in [0.1, 0.15) is 0 Å². The molecular formula is C17H26N4O2. The van der Waals surface area contributed by atoms with Crippen molar-refractivity contribution in [3.8, 4) is 0 Å². The van der Waals surface area contributed by atoms with E-state index in [9.17, 15) is 4.79 Å². The maximum Gasteiger partial charge on any atom is 0.224 e. The molecule has 1 saturated heterocycles. The molecular weight excluding hydrogens is 292 g/mol. The first-order valence-electron chi connectivity index (χ1n) is 8.93. The molecule has 0 bridgehead atoms. The fraction of sp³-hybridized carbons (Fsp3) is 0.765. The number of rotatable bonds is 3. The van der Waals surface area contributed by atoms with Crippen molar-refractivity contribution >= 4 is 5.91 Å². The molecule has 3 heterocycles. The molecule has 1 aliphatic carbocycles. The largest absolute Gasteiger partial charge is 0.378 e. The maximum atomic E-state index is 12.6. The highest BCUT2D eigenvalue weighted by atomic mass is 16.5. The van der Waals surface area contributed by atoms with E-state index in [4.69, 9.17) is 4.74 Å². The van der Waals surface area contributed by atoms with E-state index in [1.807, 2.05) is 11.1 Å². The first-order valence-corrected chi connectivity index (χ1v) is 8.93. The van der Waals surface area contributed by atoms with E-state index in [1.165, 1.54) is 31.4 Å². The predicted molar refractivity (Wildman–Crippen MR) is 85.9 cm³/mol. The lowest BCUT2D eigenvalue weighted by Crippen LogP contribution is -2.46. The minimum absolute atomic E-state index is 0.171. The molecule has 2 fully saturated rings. The Morgan fingerprint density at radius 3 is 2.83 bits per heavy atom. The van der Waals surface area contributed by atoms with Crippen molar-refractivity contribution < 1.29 is 9.53 Å². The summed E-state index contributed by atoms with van der Waals surface area (Å²) < 4.78 is 7.44. The Kier molecular flexibility index (Phi) is 4.35. The van der Waals surface area contributed by atoms with Crippen molar-refractivity contribution in [3.63, 3.8) is 0 Å². The van der Waals surface area contributed by atoms with Gasteiger partial charge in [-0.1, -0.05) is 12.8 Å². The number of morpholine rings is 1. The van der Waals surface area contributed by atoms with Gasteiger partial charge in [0.15, 0.2) is 0 Å². The van der Waals surface area contributed by atoms with Gasteiger partial charge in [-0.3, -0.25) is 14.4 Å². The Morgan fingerprint density at radius 1 is 1.26 bits per heavy atom. The highest BCUT2D eigenvalue weighted by Gasteiger charge is 2.33. The number of fused-ring (bicyclic) bond motifs is 1. The van der Waals surface area contributed by atoms with Crippen LogP contribution in [-0.2, 0) is 16.1 Å². The molecule has 2 aliphatic heterocycles. The van der Waals surface area contributed by atoms with Crippen LogP contribution in [0.5, 0.6) is 0 Å². The number of aromatic nitrogens is 2. The van der Waals surface area contributed by atoms with Crippen LogP contribution in [-0.4, -0.2) is 64.4 Å². The zero-order valence-electron chi connectivity index (χ0n) is 13.7. The standard InChI is InChI=1S/C17H26N4O2/c22-17(19-7-9-23-10-8-19)11-16-13-20(14-3-1-2-4-14)12-15-5-6-18-21(15)16/h5-6,14,16H,1-4,7-13H2/t16-/m1/s1. The van der Waals surface area contributed by atoms with E-state index in [0.29, 0.717) is 25.7 Å². The molecule has 1 atom stereocenters. The summed E-state index contributed by atoms with van der Waals surface area (Å²) in [5.74, 6) is 0.244. The molecule has 0 aromatic carbocycles. The fourth-order valence-electron chi connectivity index (χ4n) is 4.26. The summed E-state index contributed by atoms with van der Waals surface area (Å²) in [5, 5.41) is 4.49. The maximum absolute atomic E-state index is 12.6. The van der Waals surface area contributed by atoms with Crippen LogP contribution in [0.3, 0.4) is 0 Å². The fourth-order valence-corrected chi connectivity index (χ4v) is 4.26. The number of hydrogen-bond donors (Lipinski definition) is 0. The van der Waals surface area contributed by atoms with E-state index in [1.54, 1.807) is 0 Å². The van der Waals surface area contributed by atoms with Gasteiger partial charge >= 0.3 is 0 Å². The Balaban J connectivity index is 1.46. The lowest BCUT2D eigenvalue weighted by Gasteiger charge is -2.38. The Labute approximate surface area is 137 Å². The quantitative estimate of drug-likeness (QED) is 0.846. The zero-order valence-corrected chi connectivity index (χ0v) is 13.7. The second-order valence-corrected chi connectivity index (χ2v) is 6.99. The van der Waals surface area contributed by atoms with Crippen LogP contribution in [0.1, 0.15) is 43.8 Å². The average molecular weight is 318 g/mol. The summed E-state index contributed by atoms with van der Waals surface area (Å²) >= 11 is 0. The predicted octanol–water partition coefficient (Wildman–Crippen LogP) is 1.43. The molecule has 0 unspecified atom stereocenters. The van der Waals surface area contributed by atoms with Crippen LogP contribution >= 0.6 is 0 Å². The second kappa shape index (κ2) is 6.61. The van der Waals surface area contributed by atoms with Gasteiger partial charge in [0.25, 0.3) is 0 Å². The third kappa shape index (κ3) is 3.15. The van der Waals surface area contributed by atoms with Crippen molar-refractivity contribution in [1.29, 1.82) is 0 Å². The van der Waals surface area contributed by atoms with Gasteiger partial charge in [-0.25, -0.2) is 0 Å². The van der Waals surface area contributed by atoms with E-state index in [0.717, 1.165) is 26.2 Å². The highest BCUT2D eigenvalue weighted by molar-refractivity contribution is 5.76. The van der Waals surface area contributed by atoms with Crippen LogP contribution in [0.2, 0.25) is 0 Å². The number of ether oxygens (including phenoxy) is 1. The number of amides is 1. The van der Waals surface area contributed by atoms with E-state index >= 15 is 0 Å². The smallest absolute Gasteiger partial charge is 0.224 e. The normalized spacial score (nSPS) is 26.4. The van der Waals surface area contributed by atoms with Gasteiger partial charge in [0.05, 0.1) is 31.4 Å². The lowest BCUT2D eigenvalue weighted by atomic mass is 10.1. The van der Waals surface area contributed by atoms with Crippen LogP contribution in [0.25, 0.3) is 0 Å². The number of carbonyl (C=O) groups is 1. The monoisotopic (exact) mass is 318 g/mol. The average Bonchev–Trinajstić information content (AvgIpc) is 3.27. The van der Waals surface area contributed by atoms with Crippen molar-refractivity contribution in [3.05, 3.63) is 18.0 Å². The van der Waals surface area contributed by atoms with Crippen molar-refractivity contribution in [1.82, 2.24) is 19.6 Å². The Bertz CT molecular complexity index is 547. The molecule has 0 spiro atoms. The van der Waals surface area contributed by atoms with Crippen LogP contribution in [0.4, 0.5) is 0 Å². The van der Waals surface area contributed by atoms with Gasteiger partial charge < -0.3 is 9.64 Å². The zero-order chi connectivity index (χ0) is 15.6. The number of hydrogen-bond acceptors (Lipinski definition) is 4. The number of carbonyl (C=O) groups excluding carboxylic acids is 1. The third-order valence-electron chi connectivity index (χ3n) is 5.52. The first kappa shape index (κ1) is 15.1. The molecule has 1 amide bonds. The Morgan fingerprint density at radius 2 is 2.04 bits per heavy atom. The van der Waals surface area contributed by atoms with E-state index < -0.39 is 0 Å². The van der Waals surface area contributed by atoms with Crippen molar-refractivity contribution in [2.24, 2.45) is 0 Å². The van der Waals surface area contributed by atoms with Gasteiger partial charge in [0.2, 0.25) is 5.91 Å². The summed E-state index contributed by atoms with van der Waals surface area (Å²) in [4.78, 5) is 17.2. The molecule has 23 heavy (non-hydrogen) atoms. The summed E-state index contributed by atoms with van der Waals surface area (Å²) in [6, 6.07) is 2.97. The Hall–Kier alpha value is -1.40. The molecule has 1 aromatic heterocycles. The van der Waals surface area contributed by atoms with E-state index in [2.05, 4.69) is 20.7 Å². The summed E-state index contributed by atoms with van der Waals surface area (Å²) in [5.41, 5.74) is 1.25. The second-order valence-electron chi connectivity index (χ2n) is 6.99. The molecule has 0 radical (unpaired) electrons. The molecule has 1 saturated carbocycles. The molecule has 126 valence electrons. The molecule has 0 N–H and O–H groups in total. The van der Waals surface area contributed by atoms with Crippen LogP contribution in [0.15, 0.2) is 12.3 Å². The molecule has 6 heteroatoms. The lowest BCUT2D eigenvalue weighted by molar-refractivity contribution is -0.136. The third-order valence-corrected chi connectivity index (χ3v) is 5.52. The first-order chi connectivity index (χ1) is 11.3. The van der Waals surface area contributed by atoms with Gasteiger partial charge in [0, 0.05) is 38.4 Å². The molecule has 3 aliphatic rings. The van der Waals surface area contributed by atoms with E-state index in [-0.39, 0.29) is 11.9 Å². The minimum Gasteiger partial charge on any atom is -0.378 e. The van der Waals surface area contributed by atoms with Crippen LogP contribution < -0.4 is 0 Å².